The third-order valence-electron chi connectivity index (χ3n) is 1.70. The molecule has 0 atom stereocenters. The van der Waals surface area contributed by atoms with E-state index >= 15 is 0 Å². The second-order valence-electron chi connectivity index (χ2n) is 2.61. The molecular formula is C9H7BrClIO. The minimum Gasteiger partial charge on any atom is -0.293 e. The molecule has 0 saturated heterocycles. The van der Waals surface area contributed by atoms with Crippen LogP contribution in [0.5, 0.6) is 0 Å². The van der Waals surface area contributed by atoms with Gasteiger partial charge >= 0.3 is 0 Å². The van der Waals surface area contributed by atoms with Gasteiger partial charge in [0, 0.05) is 13.6 Å². The van der Waals surface area contributed by atoms with E-state index < -0.39 is 0 Å². The van der Waals surface area contributed by atoms with Gasteiger partial charge in [-0.05, 0) is 57.1 Å². The Labute approximate surface area is 104 Å². The molecule has 0 saturated carbocycles. The first-order chi connectivity index (χ1) is 6.07. The molecule has 0 bridgehead atoms. The highest BCUT2D eigenvalue weighted by Crippen LogP contribution is 2.26. The molecule has 0 aliphatic carbocycles. The zero-order chi connectivity index (χ0) is 10.0. The van der Waals surface area contributed by atoms with Crippen molar-refractivity contribution in [3.8, 4) is 0 Å². The van der Waals surface area contributed by atoms with Crippen LogP contribution in [0.1, 0.15) is 15.9 Å². The van der Waals surface area contributed by atoms with Crippen LogP contribution in [0, 0.1) is 10.5 Å². The van der Waals surface area contributed by atoms with E-state index in [1.54, 1.807) is 0 Å². The average Bonchev–Trinajstić information content (AvgIpc) is 2.13. The van der Waals surface area contributed by atoms with Gasteiger partial charge in [0.1, 0.15) is 0 Å². The topological polar surface area (TPSA) is 17.1 Å². The van der Waals surface area contributed by atoms with Crippen LogP contribution in [0.3, 0.4) is 0 Å². The number of benzene rings is 1. The monoisotopic (exact) mass is 372 g/mol. The van der Waals surface area contributed by atoms with Crippen LogP contribution in [-0.4, -0.2) is 11.7 Å². The van der Waals surface area contributed by atoms with Crippen molar-refractivity contribution in [2.24, 2.45) is 0 Å². The number of alkyl halides is 1. The average molecular weight is 373 g/mol. The zero-order valence-corrected chi connectivity index (χ0v) is 11.4. The number of ketones is 1. The van der Waals surface area contributed by atoms with Crippen LogP contribution in [0.25, 0.3) is 0 Å². The lowest BCUT2D eigenvalue weighted by molar-refractivity contribution is 0.102. The maximum Gasteiger partial charge on any atom is 0.178 e. The van der Waals surface area contributed by atoms with E-state index in [4.69, 9.17) is 11.6 Å². The SMILES string of the molecule is Cc1ccc(C(=O)CCl)c(I)c1Br. The van der Waals surface area contributed by atoms with Crippen molar-refractivity contribution in [2.45, 2.75) is 6.92 Å². The first-order valence-corrected chi connectivity index (χ1v) is 6.02. The number of halogens is 3. The number of aryl methyl sites for hydroxylation is 1. The van der Waals surface area contributed by atoms with Gasteiger partial charge in [-0.15, -0.1) is 11.6 Å². The number of rotatable bonds is 2. The van der Waals surface area contributed by atoms with Crippen LogP contribution in [-0.2, 0) is 0 Å². The summed E-state index contributed by atoms with van der Waals surface area (Å²) >= 11 is 11.0. The van der Waals surface area contributed by atoms with Gasteiger partial charge in [-0.25, -0.2) is 0 Å². The minimum absolute atomic E-state index is 0.0332. The second kappa shape index (κ2) is 4.75. The lowest BCUT2D eigenvalue weighted by Crippen LogP contribution is -2.03. The lowest BCUT2D eigenvalue weighted by atomic mass is 10.1. The molecular weight excluding hydrogens is 366 g/mol. The maximum atomic E-state index is 11.3. The predicted octanol–water partition coefficient (Wildman–Crippen LogP) is 3.78. The van der Waals surface area contributed by atoms with Crippen LogP contribution in [0.2, 0.25) is 0 Å². The van der Waals surface area contributed by atoms with Gasteiger partial charge in [-0.3, -0.25) is 4.79 Å². The van der Waals surface area contributed by atoms with Gasteiger partial charge in [-0.1, -0.05) is 6.07 Å². The molecule has 13 heavy (non-hydrogen) atoms. The van der Waals surface area contributed by atoms with E-state index in [0.29, 0.717) is 5.56 Å². The Kier molecular flexibility index (Phi) is 4.19. The maximum absolute atomic E-state index is 11.3. The molecule has 0 aromatic heterocycles. The number of Topliss-reactive ketones (excluding diaryl/α,β-unsaturated/α-hetero) is 1. The zero-order valence-electron chi connectivity index (χ0n) is 6.90. The Morgan fingerprint density at radius 2 is 2.23 bits per heavy atom. The minimum atomic E-state index is -0.0354. The van der Waals surface area contributed by atoms with Gasteiger partial charge in [-0.2, -0.15) is 0 Å². The van der Waals surface area contributed by atoms with Crippen LogP contribution in [0.4, 0.5) is 0 Å². The van der Waals surface area contributed by atoms with Crippen molar-refractivity contribution in [2.75, 3.05) is 5.88 Å². The summed E-state index contributed by atoms with van der Waals surface area (Å²) in [6.07, 6.45) is 0. The Morgan fingerprint density at radius 1 is 1.62 bits per heavy atom. The first-order valence-electron chi connectivity index (χ1n) is 3.61. The molecule has 0 fully saturated rings. The molecule has 70 valence electrons. The van der Waals surface area contributed by atoms with Crippen molar-refractivity contribution >= 4 is 55.9 Å². The summed E-state index contributed by atoms with van der Waals surface area (Å²) in [5, 5.41) is 0. The van der Waals surface area contributed by atoms with Crippen molar-refractivity contribution in [3.63, 3.8) is 0 Å². The van der Waals surface area contributed by atoms with E-state index in [1.165, 1.54) is 0 Å². The molecule has 0 heterocycles. The highest BCUT2D eigenvalue weighted by Gasteiger charge is 2.12. The van der Waals surface area contributed by atoms with E-state index in [0.717, 1.165) is 13.6 Å². The number of carbonyl (C=O) groups is 1. The smallest absolute Gasteiger partial charge is 0.178 e. The Balaban J connectivity index is 3.26. The van der Waals surface area contributed by atoms with Crippen molar-refractivity contribution in [1.29, 1.82) is 0 Å². The van der Waals surface area contributed by atoms with Crippen LogP contribution < -0.4 is 0 Å². The fourth-order valence-electron chi connectivity index (χ4n) is 0.933. The third kappa shape index (κ3) is 2.44. The largest absolute Gasteiger partial charge is 0.293 e. The fourth-order valence-corrected chi connectivity index (χ4v) is 2.33. The number of hydrogen-bond acceptors (Lipinski definition) is 1. The highest BCUT2D eigenvalue weighted by atomic mass is 127. The molecule has 0 spiro atoms. The number of hydrogen-bond donors (Lipinski definition) is 0. The molecule has 4 heteroatoms. The third-order valence-corrected chi connectivity index (χ3v) is 4.82. The second-order valence-corrected chi connectivity index (χ2v) is 4.75. The van der Waals surface area contributed by atoms with Crippen molar-refractivity contribution in [3.05, 3.63) is 31.3 Å². The summed E-state index contributed by atoms with van der Waals surface area (Å²) in [7, 11) is 0. The summed E-state index contributed by atoms with van der Waals surface area (Å²) in [5.74, 6) is -0.00216. The Morgan fingerprint density at radius 3 is 2.77 bits per heavy atom. The summed E-state index contributed by atoms with van der Waals surface area (Å²) in [5.41, 5.74) is 1.81. The van der Waals surface area contributed by atoms with Gasteiger partial charge in [0.05, 0.1) is 5.88 Å². The molecule has 0 unspecified atom stereocenters. The lowest BCUT2D eigenvalue weighted by Gasteiger charge is -2.05. The standard InChI is InChI=1S/C9H7BrClIO/c1-5-2-3-6(7(13)4-11)9(12)8(5)10/h2-3H,4H2,1H3. The molecule has 0 aliphatic heterocycles. The summed E-state index contributed by atoms with van der Waals surface area (Å²) in [6, 6.07) is 3.72. The molecule has 0 N–H and O–H groups in total. The molecule has 0 amide bonds. The predicted molar refractivity (Wildman–Crippen MR) is 66.6 cm³/mol. The highest BCUT2D eigenvalue weighted by molar-refractivity contribution is 14.1. The quantitative estimate of drug-likeness (QED) is 0.438. The fraction of sp³-hybridized carbons (Fsp3) is 0.222. The van der Waals surface area contributed by atoms with Gasteiger partial charge in [0.25, 0.3) is 0 Å². The van der Waals surface area contributed by atoms with Crippen molar-refractivity contribution < 1.29 is 4.79 Å². The van der Waals surface area contributed by atoms with E-state index in [2.05, 4.69) is 38.5 Å². The van der Waals surface area contributed by atoms with Gasteiger partial charge in [0.15, 0.2) is 5.78 Å². The molecule has 0 radical (unpaired) electrons. The molecule has 0 aliphatic rings. The summed E-state index contributed by atoms with van der Waals surface area (Å²) in [4.78, 5) is 11.3. The molecule has 1 aromatic carbocycles. The molecule has 1 rings (SSSR count). The van der Waals surface area contributed by atoms with E-state index in [-0.39, 0.29) is 11.7 Å². The van der Waals surface area contributed by atoms with Crippen LogP contribution >= 0.6 is 50.1 Å². The van der Waals surface area contributed by atoms with Gasteiger partial charge < -0.3 is 0 Å². The number of carbonyl (C=O) groups excluding carboxylic acids is 1. The van der Waals surface area contributed by atoms with Crippen LogP contribution in [0.15, 0.2) is 16.6 Å². The summed E-state index contributed by atoms with van der Waals surface area (Å²) in [6.45, 7) is 1.99. The van der Waals surface area contributed by atoms with E-state index in [1.807, 2.05) is 19.1 Å². The van der Waals surface area contributed by atoms with Gasteiger partial charge in [0.2, 0.25) is 0 Å². The van der Waals surface area contributed by atoms with E-state index in [9.17, 15) is 4.79 Å². The normalized spacial score (nSPS) is 10.2. The molecule has 1 nitrogen and oxygen atoms in total. The summed E-state index contributed by atoms with van der Waals surface area (Å²) < 4.78 is 1.91. The molecule has 1 aromatic rings. The Hall–Kier alpha value is 0.390. The Bertz CT molecular complexity index is 352. The first kappa shape index (κ1) is 11.5. The van der Waals surface area contributed by atoms with Crippen molar-refractivity contribution in [1.82, 2.24) is 0 Å².